The van der Waals surface area contributed by atoms with Gasteiger partial charge in [-0.15, -0.1) is 0 Å². The fourth-order valence-electron chi connectivity index (χ4n) is 1.42. The van der Waals surface area contributed by atoms with E-state index < -0.39 is 18.5 Å². The van der Waals surface area contributed by atoms with Gasteiger partial charge >= 0.3 is 12.3 Å². The molecule has 1 aromatic carbocycles. The number of hydrogen-bond donors (Lipinski definition) is 1. The summed E-state index contributed by atoms with van der Waals surface area (Å²) in [5.41, 5.74) is 0.737. The van der Waals surface area contributed by atoms with Crippen LogP contribution < -0.4 is 0 Å². The summed E-state index contributed by atoms with van der Waals surface area (Å²) in [7, 11) is 0. The quantitative estimate of drug-likeness (QED) is 0.836. The first-order chi connectivity index (χ1) is 7.67. The predicted octanol–water partition coefficient (Wildman–Crippen LogP) is 4.00. The van der Waals surface area contributed by atoms with Gasteiger partial charge in [0.05, 0.1) is 0 Å². The van der Waals surface area contributed by atoms with Gasteiger partial charge in [-0.25, -0.2) is 8.78 Å². The molecule has 0 radical (unpaired) electrons. The molecular weight excluding hydrogens is 304 g/mol. The molecule has 1 N–H and O–H groups in total. The highest BCUT2D eigenvalue weighted by molar-refractivity contribution is 9.10. The Morgan fingerprint density at radius 3 is 2.18 bits per heavy atom. The van der Waals surface area contributed by atoms with Crippen LogP contribution in [0.4, 0.5) is 17.6 Å². The minimum atomic E-state index is -4.45. The number of aliphatic hydroxyl groups is 1. The maximum absolute atomic E-state index is 13.0. The van der Waals surface area contributed by atoms with E-state index in [4.69, 9.17) is 0 Å². The van der Waals surface area contributed by atoms with Gasteiger partial charge in [-0.2, -0.15) is 8.78 Å². The topological polar surface area (TPSA) is 20.2 Å². The normalized spacial score (nSPS) is 14.2. The lowest BCUT2D eigenvalue weighted by Crippen LogP contribution is -2.34. The zero-order valence-corrected chi connectivity index (χ0v) is 10.7. The number of hydrogen-bond acceptors (Lipinski definition) is 1. The highest BCUT2D eigenvalue weighted by Crippen LogP contribution is 2.38. The third-order valence-electron chi connectivity index (χ3n) is 2.50. The summed E-state index contributed by atoms with van der Waals surface area (Å²) in [6.45, 7) is 3.10. The molecule has 0 fully saturated rings. The van der Waals surface area contributed by atoms with Crippen LogP contribution >= 0.6 is 15.9 Å². The fraction of sp³-hybridized carbons (Fsp3) is 0.455. The van der Waals surface area contributed by atoms with E-state index in [0.717, 1.165) is 0 Å². The maximum Gasteiger partial charge on any atom is 0.336 e. The number of aliphatic hydroxyl groups excluding tert-OH is 1. The SMILES string of the molecule is Cc1cc(C(O)C(F)(F)C(F)F)c(C)cc1Br. The van der Waals surface area contributed by atoms with Gasteiger partial charge in [0.1, 0.15) is 6.10 Å². The number of halogens is 5. The van der Waals surface area contributed by atoms with Crippen LogP contribution in [-0.4, -0.2) is 17.5 Å². The molecule has 0 aliphatic heterocycles. The third-order valence-corrected chi connectivity index (χ3v) is 3.35. The van der Waals surface area contributed by atoms with Crippen molar-refractivity contribution in [3.05, 3.63) is 33.3 Å². The Labute approximate surface area is 105 Å². The van der Waals surface area contributed by atoms with Crippen molar-refractivity contribution in [1.82, 2.24) is 0 Å². The lowest BCUT2D eigenvalue weighted by Gasteiger charge is -2.23. The van der Waals surface area contributed by atoms with Crippen LogP contribution in [0.5, 0.6) is 0 Å². The lowest BCUT2D eigenvalue weighted by atomic mass is 9.97. The summed E-state index contributed by atoms with van der Waals surface area (Å²) in [5.74, 6) is -4.45. The first kappa shape index (κ1) is 14.4. The molecule has 0 aliphatic carbocycles. The molecule has 1 atom stereocenters. The summed E-state index contributed by atoms with van der Waals surface area (Å²) in [6.07, 6.45) is -6.41. The molecule has 0 aliphatic rings. The Kier molecular flexibility index (Phi) is 4.19. The van der Waals surface area contributed by atoms with Crippen LogP contribution in [0.1, 0.15) is 22.8 Å². The zero-order valence-electron chi connectivity index (χ0n) is 9.15. The highest BCUT2D eigenvalue weighted by Gasteiger charge is 2.49. The average molecular weight is 315 g/mol. The third kappa shape index (κ3) is 2.80. The van der Waals surface area contributed by atoms with Crippen LogP contribution in [0.15, 0.2) is 16.6 Å². The molecule has 0 saturated carbocycles. The second-order valence-electron chi connectivity index (χ2n) is 3.84. The number of aryl methyl sites for hydroxylation is 2. The van der Waals surface area contributed by atoms with Gasteiger partial charge in [-0.1, -0.05) is 22.0 Å². The van der Waals surface area contributed by atoms with Crippen molar-refractivity contribution in [3.63, 3.8) is 0 Å². The standard InChI is InChI=1S/C11H11BrF4O/c1-5-4-8(12)6(2)3-7(5)9(17)11(15,16)10(13)14/h3-4,9-10,17H,1-2H3. The van der Waals surface area contributed by atoms with Crippen molar-refractivity contribution in [2.75, 3.05) is 0 Å². The van der Waals surface area contributed by atoms with Gasteiger partial charge in [0.2, 0.25) is 0 Å². The second kappa shape index (κ2) is 4.94. The number of rotatable bonds is 3. The van der Waals surface area contributed by atoms with E-state index in [0.29, 0.717) is 15.6 Å². The molecule has 17 heavy (non-hydrogen) atoms. The van der Waals surface area contributed by atoms with Crippen molar-refractivity contribution in [3.8, 4) is 0 Å². The molecular formula is C11H11BrF4O. The van der Waals surface area contributed by atoms with Crippen molar-refractivity contribution < 1.29 is 22.7 Å². The minimum Gasteiger partial charge on any atom is -0.382 e. The maximum atomic E-state index is 13.0. The number of alkyl halides is 4. The van der Waals surface area contributed by atoms with E-state index in [1.165, 1.54) is 19.1 Å². The van der Waals surface area contributed by atoms with E-state index in [2.05, 4.69) is 15.9 Å². The Bertz CT molecular complexity index is 420. The molecule has 0 amide bonds. The highest BCUT2D eigenvalue weighted by atomic mass is 79.9. The Morgan fingerprint density at radius 2 is 1.71 bits per heavy atom. The van der Waals surface area contributed by atoms with E-state index in [-0.39, 0.29) is 5.56 Å². The van der Waals surface area contributed by atoms with Crippen molar-refractivity contribution >= 4 is 15.9 Å². The smallest absolute Gasteiger partial charge is 0.336 e. The molecule has 0 heterocycles. The monoisotopic (exact) mass is 314 g/mol. The van der Waals surface area contributed by atoms with Gasteiger partial charge in [-0.3, -0.25) is 0 Å². The lowest BCUT2D eigenvalue weighted by molar-refractivity contribution is -0.194. The van der Waals surface area contributed by atoms with Gasteiger partial charge in [0, 0.05) is 4.47 Å². The summed E-state index contributed by atoms with van der Waals surface area (Å²) in [6, 6.07) is 2.79. The van der Waals surface area contributed by atoms with Crippen LogP contribution in [0, 0.1) is 13.8 Å². The number of benzene rings is 1. The summed E-state index contributed by atoms with van der Waals surface area (Å²) in [4.78, 5) is 0. The molecule has 0 spiro atoms. The fourth-order valence-corrected chi connectivity index (χ4v) is 1.88. The van der Waals surface area contributed by atoms with Crippen molar-refractivity contribution in [2.45, 2.75) is 32.3 Å². The van der Waals surface area contributed by atoms with Gasteiger partial charge in [-0.05, 0) is 36.6 Å². The molecule has 0 saturated heterocycles. The van der Waals surface area contributed by atoms with Crippen molar-refractivity contribution in [2.24, 2.45) is 0 Å². The molecule has 1 nitrogen and oxygen atoms in total. The minimum absolute atomic E-state index is 0.184. The second-order valence-corrected chi connectivity index (χ2v) is 4.69. The van der Waals surface area contributed by atoms with Crippen molar-refractivity contribution in [1.29, 1.82) is 0 Å². The van der Waals surface area contributed by atoms with Crippen LogP contribution in [0.25, 0.3) is 0 Å². The van der Waals surface area contributed by atoms with E-state index >= 15 is 0 Å². The van der Waals surface area contributed by atoms with Gasteiger partial charge in [0.25, 0.3) is 0 Å². The molecule has 96 valence electrons. The van der Waals surface area contributed by atoms with Crippen LogP contribution in [0.3, 0.4) is 0 Å². The molecule has 0 aromatic heterocycles. The Morgan fingerprint density at radius 1 is 1.18 bits per heavy atom. The van der Waals surface area contributed by atoms with E-state index in [1.54, 1.807) is 6.92 Å². The summed E-state index contributed by atoms with van der Waals surface area (Å²) >= 11 is 3.19. The largest absolute Gasteiger partial charge is 0.382 e. The van der Waals surface area contributed by atoms with E-state index in [1.807, 2.05) is 0 Å². The average Bonchev–Trinajstić information content (AvgIpc) is 2.22. The molecule has 0 bridgehead atoms. The van der Waals surface area contributed by atoms with Gasteiger partial charge < -0.3 is 5.11 Å². The van der Waals surface area contributed by atoms with Gasteiger partial charge in [0.15, 0.2) is 0 Å². The predicted molar refractivity (Wildman–Crippen MR) is 59.5 cm³/mol. The van der Waals surface area contributed by atoms with E-state index in [9.17, 15) is 22.7 Å². The zero-order chi connectivity index (χ0) is 13.4. The molecule has 6 heteroatoms. The Hall–Kier alpha value is -0.620. The first-order valence-electron chi connectivity index (χ1n) is 4.78. The Balaban J connectivity index is 3.21. The van der Waals surface area contributed by atoms with Crippen LogP contribution in [-0.2, 0) is 0 Å². The molecule has 1 rings (SSSR count). The summed E-state index contributed by atoms with van der Waals surface area (Å²) < 4.78 is 51.0. The molecule has 1 aromatic rings. The first-order valence-corrected chi connectivity index (χ1v) is 5.58. The van der Waals surface area contributed by atoms with Crippen LogP contribution in [0.2, 0.25) is 0 Å². The summed E-state index contributed by atoms with van der Waals surface area (Å²) in [5, 5.41) is 9.37. The molecule has 1 unspecified atom stereocenters.